The summed E-state index contributed by atoms with van der Waals surface area (Å²) in [5.41, 5.74) is 10.6. The summed E-state index contributed by atoms with van der Waals surface area (Å²) in [4.78, 5) is 15.1. The standard InChI is InChI=1S/C51H29N3O2S/c1-3-13-30(14-4-1)49-52-50(31-15-5-2-6-16-31)54-51(53-49)41-22-12-21-39-35-26-25-32(29-44(35)57-48(39)41)33-27-28-36(45-40-18-8-10-24-43(40)56-47(33)45)38-20-11-19-37-34-17-7-9-23-42(34)55-46(37)38/h1-29H. The summed E-state index contributed by atoms with van der Waals surface area (Å²) in [6, 6.07) is 60.8. The van der Waals surface area contributed by atoms with Gasteiger partial charge in [0.1, 0.15) is 22.3 Å². The van der Waals surface area contributed by atoms with Crippen LogP contribution in [0.1, 0.15) is 0 Å². The molecule has 4 heterocycles. The molecule has 0 aliphatic rings. The van der Waals surface area contributed by atoms with E-state index in [9.17, 15) is 0 Å². The van der Waals surface area contributed by atoms with Crippen LogP contribution in [0.3, 0.4) is 0 Å². The van der Waals surface area contributed by atoms with Gasteiger partial charge in [-0.3, -0.25) is 0 Å². The molecular formula is C51H29N3O2S. The van der Waals surface area contributed by atoms with Gasteiger partial charge in [0.05, 0.1) is 0 Å². The molecule has 0 aliphatic heterocycles. The number of aromatic nitrogens is 3. The van der Waals surface area contributed by atoms with Gasteiger partial charge in [0.15, 0.2) is 17.5 Å². The highest BCUT2D eigenvalue weighted by Gasteiger charge is 2.22. The average Bonchev–Trinajstić information content (AvgIpc) is 3.98. The summed E-state index contributed by atoms with van der Waals surface area (Å²) < 4.78 is 15.6. The highest BCUT2D eigenvalue weighted by molar-refractivity contribution is 7.26. The van der Waals surface area contributed by atoms with Crippen LogP contribution >= 0.6 is 11.3 Å². The molecule has 12 aromatic rings. The lowest BCUT2D eigenvalue weighted by Gasteiger charge is -2.09. The zero-order valence-electron chi connectivity index (χ0n) is 30.3. The lowest BCUT2D eigenvalue weighted by Crippen LogP contribution is -2.00. The third-order valence-corrected chi connectivity index (χ3v) is 12.2. The molecule has 0 N–H and O–H groups in total. The number of furan rings is 2. The van der Waals surface area contributed by atoms with Gasteiger partial charge in [0.25, 0.3) is 0 Å². The highest BCUT2D eigenvalue weighted by Crippen LogP contribution is 2.46. The predicted octanol–water partition coefficient (Wildman–Crippen LogP) is 14.4. The number of rotatable bonds is 5. The van der Waals surface area contributed by atoms with Gasteiger partial charge in [-0.15, -0.1) is 11.3 Å². The Morgan fingerprint density at radius 2 is 0.930 bits per heavy atom. The molecule has 0 unspecified atom stereocenters. The first-order valence-corrected chi connectivity index (χ1v) is 19.7. The molecule has 8 aromatic carbocycles. The van der Waals surface area contributed by atoms with Crippen molar-refractivity contribution in [2.45, 2.75) is 0 Å². The smallest absolute Gasteiger partial charge is 0.165 e. The van der Waals surface area contributed by atoms with Crippen LogP contribution in [0.2, 0.25) is 0 Å². The number of para-hydroxylation sites is 3. The lowest BCUT2D eigenvalue weighted by molar-refractivity contribution is 0.669. The number of hydrogen-bond acceptors (Lipinski definition) is 6. The molecule has 0 aliphatic carbocycles. The number of benzene rings is 8. The Labute approximate surface area is 330 Å². The topological polar surface area (TPSA) is 65.0 Å². The minimum absolute atomic E-state index is 0.648. The van der Waals surface area contributed by atoms with Crippen molar-refractivity contribution in [1.29, 1.82) is 0 Å². The molecule has 57 heavy (non-hydrogen) atoms. The van der Waals surface area contributed by atoms with Gasteiger partial charge in [0.2, 0.25) is 0 Å². The maximum Gasteiger partial charge on any atom is 0.165 e. The molecule has 266 valence electrons. The zero-order chi connectivity index (χ0) is 37.5. The van der Waals surface area contributed by atoms with Crippen LogP contribution in [-0.4, -0.2) is 15.0 Å². The predicted molar refractivity (Wildman–Crippen MR) is 234 cm³/mol. The summed E-state index contributed by atoms with van der Waals surface area (Å²) in [6.07, 6.45) is 0. The van der Waals surface area contributed by atoms with Crippen molar-refractivity contribution in [2.24, 2.45) is 0 Å². The van der Waals surface area contributed by atoms with Crippen LogP contribution in [0.25, 0.3) is 120 Å². The zero-order valence-corrected chi connectivity index (χ0v) is 31.1. The minimum Gasteiger partial charge on any atom is -0.455 e. The third-order valence-electron chi connectivity index (χ3n) is 11.0. The van der Waals surface area contributed by atoms with Crippen molar-refractivity contribution in [2.75, 3.05) is 0 Å². The SMILES string of the molecule is c1ccc(-c2nc(-c3ccccc3)nc(-c3cccc4c3sc3cc(-c5ccc(-c6cccc7c6oc6ccccc67)c6c5oc5ccccc56)ccc34)n2)cc1. The quantitative estimate of drug-likeness (QED) is 0.175. The van der Waals surface area contributed by atoms with E-state index in [2.05, 4.69) is 97.1 Å². The van der Waals surface area contributed by atoms with Gasteiger partial charge in [-0.1, -0.05) is 146 Å². The number of thiophene rings is 1. The largest absolute Gasteiger partial charge is 0.455 e. The van der Waals surface area contributed by atoms with Crippen molar-refractivity contribution >= 4 is 75.4 Å². The van der Waals surface area contributed by atoms with Gasteiger partial charge in [-0.25, -0.2) is 15.0 Å². The Bertz CT molecular complexity index is 3470. The molecule has 0 spiro atoms. The fourth-order valence-corrected chi connectivity index (χ4v) is 9.56. The van der Waals surface area contributed by atoms with Crippen LogP contribution in [0.15, 0.2) is 185 Å². The molecule has 0 bridgehead atoms. The van der Waals surface area contributed by atoms with E-state index in [-0.39, 0.29) is 0 Å². The van der Waals surface area contributed by atoms with Crippen molar-refractivity contribution < 1.29 is 8.83 Å². The van der Waals surface area contributed by atoms with Gasteiger partial charge in [-0.05, 0) is 41.5 Å². The molecule has 4 aromatic heterocycles. The minimum atomic E-state index is 0.648. The van der Waals surface area contributed by atoms with E-state index in [4.69, 9.17) is 23.8 Å². The van der Waals surface area contributed by atoms with E-state index in [0.29, 0.717) is 17.5 Å². The first-order chi connectivity index (χ1) is 28.2. The molecule has 0 fully saturated rings. The molecular weight excluding hydrogens is 719 g/mol. The van der Waals surface area contributed by atoms with Gasteiger partial charge >= 0.3 is 0 Å². The monoisotopic (exact) mass is 747 g/mol. The second-order valence-electron chi connectivity index (χ2n) is 14.3. The Balaban J connectivity index is 1.04. The van der Waals surface area contributed by atoms with Crippen LogP contribution in [0.5, 0.6) is 0 Å². The van der Waals surface area contributed by atoms with Gasteiger partial charge in [-0.2, -0.15) is 0 Å². The van der Waals surface area contributed by atoms with E-state index in [0.717, 1.165) is 87.5 Å². The normalized spacial score (nSPS) is 11.9. The Hall–Kier alpha value is -7.41. The first kappa shape index (κ1) is 31.9. The highest BCUT2D eigenvalue weighted by atomic mass is 32.1. The van der Waals surface area contributed by atoms with Crippen LogP contribution in [0, 0.1) is 0 Å². The van der Waals surface area contributed by atoms with Crippen molar-refractivity contribution in [3.05, 3.63) is 176 Å². The maximum absolute atomic E-state index is 6.76. The Morgan fingerprint density at radius 3 is 1.68 bits per heavy atom. The molecule has 12 rings (SSSR count). The van der Waals surface area contributed by atoms with Crippen LogP contribution < -0.4 is 0 Å². The fraction of sp³-hybridized carbons (Fsp3) is 0. The van der Waals surface area contributed by atoms with E-state index >= 15 is 0 Å². The Kier molecular flexibility index (Phi) is 7.03. The summed E-state index contributed by atoms with van der Waals surface area (Å²) in [5, 5.41) is 6.73. The van der Waals surface area contributed by atoms with Gasteiger partial charge < -0.3 is 8.83 Å². The second kappa shape index (κ2) is 12.6. The summed E-state index contributed by atoms with van der Waals surface area (Å²) in [5.74, 6) is 1.95. The molecule has 5 nitrogen and oxygen atoms in total. The summed E-state index contributed by atoms with van der Waals surface area (Å²) in [6.45, 7) is 0. The van der Waals surface area contributed by atoms with Crippen molar-refractivity contribution in [1.82, 2.24) is 15.0 Å². The van der Waals surface area contributed by atoms with E-state index in [1.165, 1.54) is 15.5 Å². The molecule has 6 heteroatoms. The van der Waals surface area contributed by atoms with Crippen LogP contribution in [-0.2, 0) is 0 Å². The molecule has 0 radical (unpaired) electrons. The van der Waals surface area contributed by atoms with E-state index in [1.54, 1.807) is 11.3 Å². The maximum atomic E-state index is 6.76. The van der Waals surface area contributed by atoms with Crippen molar-refractivity contribution in [3.63, 3.8) is 0 Å². The third kappa shape index (κ3) is 5.04. The number of fused-ring (bicyclic) bond motifs is 9. The number of hydrogen-bond donors (Lipinski definition) is 0. The lowest BCUT2D eigenvalue weighted by atomic mass is 9.93. The Morgan fingerprint density at radius 1 is 0.351 bits per heavy atom. The van der Waals surface area contributed by atoms with Gasteiger partial charge in [0, 0.05) is 69.5 Å². The molecule has 0 amide bonds. The van der Waals surface area contributed by atoms with E-state index < -0.39 is 0 Å². The molecule has 0 atom stereocenters. The fourth-order valence-electron chi connectivity index (χ4n) is 8.31. The van der Waals surface area contributed by atoms with E-state index in [1.807, 2.05) is 78.9 Å². The average molecular weight is 748 g/mol. The number of nitrogens with zero attached hydrogens (tertiary/aromatic N) is 3. The molecule has 0 saturated carbocycles. The van der Waals surface area contributed by atoms with Crippen LogP contribution in [0.4, 0.5) is 0 Å². The first-order valence-electron chi connectivity index (χ1n) is 18.9. The summed E-state index contributed by atoms with van der Waals surface area (Å²) >= 11 is 1.77. The molecule has 0 saturated heterocycles. The van der Waals surface area contributed by atoms with Crippen molar-refractivity contribution in [3.8, 4) is 56.4 Å². The second-order valence-corrected chi connectivity index (χ2v) is 15.3. The summed E-state index contributed by atoms with van der Waals surface area (Å²) in [7, 11) is 0.